The number of carbonyl (C=O) groups is 2. The zero-order chi connectivity index (χ0) is 18.7. The van der Waals surface area contributed by atoms with Crippen molar-refractivity contribution in [3.63, 3.8) is 0 Å². The highest BCUT2D eigenvalue weighted by Crippen LogP contribution is 2.19. The summed E-state index contributed by atoms with van der Waals surface area (Å²) in [6.07, 6.45) is 0.372. The molecule has 1 aromatic carbocycles. The molecule has 0 saturated heterocycles. The molecule has 1 aliphatic heterocycles. The van der Waals surface area contributed by atoms with Crippen molar-refractivity contribution in [1.82, 2.24) is 20.2 Å². The third-order valence-electron chi connectivity index (χ3n) is 4.29. The van der Waals surface area contributed by atoms with Crippen LogP contribution in [-0.4, -0.2) is 51.0 Å². The van der Waals surface area contributed by atoms with E-state index in [1.54, 1.807) is 0 Å². The number of H-pyrrole nitrogens is 1. The molecule has 0 radical (unpaired) electrons. The van der Waals surface area contributed by atoms with Crippen molar-refractivity contribution in [3.05, 3.63) is 51.9 Å². The van der Waals surface area contributed by atoms with Gasteiger partial charge in [0.15, 0.2) is 0 Å². The monoisotopic (exact) mass is 356 g/mol. The molecule has 8 heteroatoms. The second-order valence-electron chi connectivity index (χ2n) is 6.15. The normalized spacial score (nSPS) is 14.5. The standard InChI is InChI=1S/C18H20N4O4/c1-11(24)19-15(10-23)18(26)22-8-7-13-14(9-22)20-16(21-17(13)25)12-5-3-2-4-6-12/h2-6,15,23H,7-10H2,1H3,(H,19,24)(H,20,21,25)/t15-/m0/s1. The van der Waals surface area contributed by atoms with Gasteiger partial charge in [0.2, 0.25) is 11.8 Å². The van der Waals surface area contributed by atoms with Crippen molar-refractivity contribution in [1.29, 1.82) is 0 Å². The van der Waals surface area contributed by atoms with E-state index in [1.807, 2.05) is 30.3 Å². The number of aliphatic hydroxyl groups is 1. The summed E-state index contributed by atoms with van der Waals surface area (Å²) in [5.41, 5.74) is 1.67. The van der Waals surface area contributed by atoms with E-state index in [4.69, 9.17) is 0 Å². The van der Waals surface area contributed by atoms with E-state index < -0.39 is 24.5 Å². The smallest absolute Gasteiger partial charge is 0.254 e. The Morgan fingerprint density at radius 2 is 2.08 bits per heavy atom. The van der Waals surface area contributed by atoms with Gasteiger partial charge in [-0.1, -0.05) is 30.3 Å². The minimum atomic E-state index is -0.996. The van der Waals surface area contributed by atoms with Crippen LogP contribution < -0.4 is 10.9 Å². The largest absolute Gasteiger partial charge is 0.394 e. The lowest BCUT2D eigenvalue weighted by Crippen LogP contribution is -2.51. The highest BCUT2D eigenvalue weighted by Gasteiger charge is 2.29. The number of hydrogen-bond acceptors (Lipinski definition) is 5. The van der Waals surface area contributed by atoms with Gasteiger partial charge in [0.05, 0.1) is 18.8 Å². The molecule has 0 fully saturated rings. The fourth-order valence-corrected chi connectivity index (χ4v) is 3.01. The molecular formula is C18H20N4O4. The van der Waals surface area contributed by atoms with Gasteiger partial charge in [-0.25, -0.2) is 4.98 Å². The van der Waals surface area contributed by atoms with Crippen LogP contribution in [0.15, 0.2) is 35.1 Å². The first kappa shape index (κ1) is 17.8. The van der Waals surface area contributed by atoms with Crippen LogP contribution in [0.1, 0.15) is 18.2 Å². The van der Waals surface area contributed by atoms with Gasteiger partial charge >= 0.3 is 0 Å². The molecule has 2 heterocycles. The van der Waals surface area contributed by atoms with Crippen molar-refractivity contribution < 1.29 is 14.7 Å². The molecule has 1 aromatic heterocycles. The molecule has 0 aliphatic carbocycles. The zero-order valence-corrected chi connectivity index (χ0v) is 14.4. The van der Waals surface area contributed by atoms with Crippen LogP contribution >= 0.6 is 0 Å². The van der Waals surface area contributed by atoms with Gasteiger partial charge in [-0.05, 0) is 6.42 Å². The molecule has 2 amide bonds. The van der Waals surface area contributed by atoms with Crippen LogP contribution in [0.5, 0.6) is 0 Å². The third-order valence-corrected chi connectivity index (χ3v) is 4.29. The summed E-state index contributed by atoms with van der Waals surface area (Å²) in [6, 6.07) is 8.26. The summed E-state index contributed by atoms with van der Waals surface area (Å²) in [5.74, 6) is -0.336. The number of rotatable bonds is 4. The lowest BCUT2D eigenvalue weighted by atomic mass is 10.0. The number of aliphatic hydroxyl groups excluding tert-OH is 1. The van der Waals surface area contributed by atoms with E-state index in [9.17, 15) is 19.5 Å². The molecule has 2 aromatic rings. The number of aromatic amines is 1. The predicted octanol–water partition coefficient (Wildman–Crippen LogP) is -0.181. The van der Waals surface area contributed by atoms with E-state index in [2.05, 4.69) is 15.3 Å². The molecule has 0 spiro atoms. The summed E-state index contributed by atoms with van der Waals surface area (Å²) in [6.45, 7) is 1.29. The van der Waals surface area contributed by atoms with E-state index >= 15 is 0 Å². The Hall–Kier alpha value is -3.00. The molecule has 136 valence electrons. The third kappa shape index (κ3) is 3.65. The van der Waals surface area contributed by atoms with E-state index in [0.29, 0.717) is 30.0 Å². The van der Waals surface area contributed by atoms with Gasteiger partial charge < -0.3 is 20.3 Å². The van der Waals surface area contributed by atoms with E-state index in [1.165, 1.54) is 11.8 Å². The Labute approximate surface area is 149 Å². The maximum atomic E-state index is 12.6. The van der Waals surface area contributed by atoms with Gasteiger partial charge in [-0.15, -0.1) is 0 Å². The predicted molar refractivity (Wildman–Crippen MR) is 94.1 cm³/mol. The lowest BCUT2D eigenvalue weighted by Gasteiger charge is -2.30. The molecular weight excluding hydrogens is 336 g/mol. The van der Waals surface area contributed by atoms with Gasteiger partial charge in [0.1, 0.15) is 11.9 Å². The van der Waals surface area contributed by atoms with Crippen LogP contribution in [0.3, 0.4) is 0 Å². The van der Waals surface area contributed by atoms with E-state index in [-0.39, 0.29) is 12.1 Å². The Kier molecular flexibility index (Phi) is 5.13. The summed E-state index contributed by atoms with van der Waals surface area (Å²) < 4.78 is 0. The van der Waals surface area contributed by atoms with E-state index in [0.717, 1.165) is 5.56 Å². The molecule has 26 heavy (non-hydrogen) atoms. The summed E-state index contributed by atoms with van der Waals surface area (Å²) >= 11 is 0. The second-order valence-corrected chi connectivity index (χ2v) is 6.15. The Morgan fingerprint density at radius 1 is 1.35 bits per heavy atom. The van der Waals surface area contributed by atoms with Crippen molar-refractivity contribution in [2.75, 3.05) is 13.2 Å². The van der Waals surface area contributed by atoms with Crippen LogP contribution in [0, 0.1) is 0 Å². The van der Waals surface area contributed by atoms with Crippen molar-refractivity contribution in [3.8, 4) is 11.4 Å². The Morgan fingerprint density at radius 3 is 2.73 bits per heavy atom. The zero-order valence-electron chi connectivity index (χ0n) is 14.4. The van der Waals surface area contributed by atoms with Crippen molar-refractivity contribution in [2.45, 2.75) is 25.9 Å². The Bertz CT molecular complexity index is 879. The molecule has 1 aliphatic rings. The average Bonchev–Trinajstić information content (AvgIpc) is 2.65. The first-order valence-electron chi connectivity index (χ1n) is 8.34. The molecule has 3 rings (SSSR count). The number of fused-ring (bicyclic) bond motifs is 1. The van der Waals surface area contributed by atoms with Crippen LogP contribution in [0.4, 0.5) is 0 Å². The van der Waals surface area contributed by atoms with Crippen LogP contribution in [0.2, 0.25) is 0 Å². The van der Waals surface area contributed by atoms with Gasteiger partial charge in [-0.2, -0.15) is 0 Å². The number of nitrogens with zero attached hydrogens (tertiary/aromatic N) is 2. The SMILES string of the molecule is CC(=O)N[C@@H](CO)C(=O)N1CCc2c(nc(-c3ccccc3)[nH]c2=O)C1. The molecule has 8 nitrogen and oxygen atoms in total. The average molecular weight is 356 g/mol. The van der Waals surface area contributed by atoms with Gasteiger partial charge in [-0.3, -0.25) is 14.4 Å². The highest BCUT2D eigenvalue weighted by atomic mass is 16.3. The molecule has 1 atom stereocenters. The molecule has 0 saturated carbocycles. The lowest BCUT2D eigenvalue weighted by molar-refractivity contribution is -0.138. The minimum Gasteiger partial charge on any atom is -0.394 e. The molecule has 0 unspecified atom stereocenters. The fourth-order valence-electron chi connectivity index (χ4n) is 3.01. The topological polar surface area (TPSA) is 115 Å². The maximum Gasteiger partial charge on any atom is 0.254 e. The first-order valence-corrected chi connectivity index (χ1v) is 8.34. The number of carbonyl (C=O) groups excluding carboxylic acids is 2. The van der Waals surface area contributed by atoms with Crippen molar-refractivity contribution >= 4 is 11.8 Å². The second kappa shape index (κ2) is 7.49. The minimum absolute atomic E-state index is 0.161. The number of benzene rings is 1. The summed E-state index contributed by atoms with van der Waals surface area (Å²) in [4.78, 5) is 44.9. The Balaban J connectivity index is 1.87. The summed E-state index contributed by atoms with van der Waals surface area (Å²) in [7, 11) is 0. The quantitative estimate of drug-likeness (QED) is 0.703. The van der Waals surface area contributed by atoms with Crippen LogP contribution in [-0.2, 0) is 22.6 Å². The van der Waals surface area contributed by atoms with Crippen molar-refractivity contribution in [2.24, 2.45) is 0 Å². The highest BCUT2D eigenvalue weighted by molar-refractivity contribution is 5.87. The van der Waals surface area contributed by atoms with Gasteiger partial charge in [0.25, 0.3) is 5.56 Å². The number of nitrogens with one attached hydrogen (secondary N) is 2. The summed E-state index contributed by atoms with van der Waals surface area (Å²) in [5, 5.41) is 11.8. The fraction of sp³-hybridized carbons (Fsp3) is 0.333. The molecule has 3 N–H and O–H groups in total. The number of aromatic nitrogens is 2. The first-order chi connectivity index (χ1) is 12.5. The van der Waals surface area contributed by atoms with Gasteiger partial charge in [0, 0.05) is 24.6 Å². The van der Waals surface area contributed by atoms with Crippen LogP contribution in [0.25, 0.3) is 11.4 Å². The number of hydrogen-bond donors (Lipinski definition) is 3. The molecule has 0 bridgehead atoms. The number of amides is 2. The maximum absolute atomic E-state index is 12.6.